The second-order valence-corrected chi connectivity index (χ2v) is 8.97. The zero-order chi connectivity index (χ0) is 26.9. The van der Waals surface area contributed by atoms with Gasteiger partial charge in [0.1, 0.15) is 17.2 Å². The smallest absolute Gasteiger partial charge is 0.228 e. The summed E-state index contributed by atoms with van der Waals surface area (Å²) in [6, 6.07) is 30.4. The summed E-state index contributed by atoms with van der Waals surface area (Å²) in [5.41, 5.74) is 3.64. The first kappa shape index (κ1) is 24.1. The van der Waals surface area contributed by atoms with Crippen LogP contribution in [-0.2, 0) is 0 Å². The lowest BCUT2D eigenvalue weighted by molar-refractivity contribution is 0.103. The van der Waals surface area contributed by atoms with Gasteiger partial charge >= 0.3 is 0 Å². The third kappa shape index (κ3) is 4.64. The Hall–Kier alpha value is -5.23. The molecular formula is C33H19F2NO3. The number of nitrogens with zero attached hydrogens (tertiary/aromatic N) is 1. The number of carbonyl (C=O) groups is 2. The molecular weight excluding hydrogens is 496 g/mol. The van der Waals surface area contributed by atoms with E-state index in [2.05, 4.69) is 4.98 Å². The van der Waals surface area contributed by atoms with Crippen molar-refractivity contribution >= 4 is 22.7 Å². The molecule has 1 heterocycles. The van der Waals surface area contributed by atoms with Crippen LogP contribution in [-0.4, -0.2) is 16.6 Å². The Balaban J connectivity index is 1.43. The van der Waals surface area contributed by atoms with Gasteiger partial charge in [0.05, 0.1) is 0 Å². The fourth-order valence-corrected chi connectivity index (χ4v) is 4.55. The monoisotopic (exact) mass is 515 g/mol. The molecule has 0 radical (unpaired) electrons. The van der Waals surface area contributed by atoms with Gasteiger partial charge in [0, 0.05) is 27.8 Å². The first-order valence-corrected chi connectivity index (χ1v) is 12.2. The number of hydrogen-bond acceptors (Lipinski definition) is 4. The van der Waals surface area contributed by atoms with E-state index in [1.54, 1.807) is 84.9 Å². The van der Waals surface area contributed by atoms with Crippen LogP contribution >= 0.6 is 0 Å². The number of oxazole rings is 1. The molecule has 0 amide bonds. The molecule has 0 unspecified atom stereocenters. The number of aromatic nitrogens is 1. The molecule has 5 aromatic carbocycles. The van der Waals surface area contributed by atoms with Crippen molar-refractivity contribution in [3.63, 3.8) is 0 Å². The Morgan fingerprint density at radius 2 is 1.13 bits per heavy atom. The molecule has 0 saturated heterocycles. The second kappa shape index (κ2) is 9.91. The van der Waals surface area contributed by atoms with Gasteiger partial charge in [-0.3, -0.25) is 9.59 Å². The fraction of sp³-hybridized carbons (Fsp3) is 0. The van der Waals surface area contributed by atoms with E-state index in [0.29, 0.717) is 38.9 Å². The highest BCUT2D eigenvalue weighted by atomic mass is 19.1. The third-order valence-corrected chi connectivity index (χ3v) is 6.45. The number of rotatable bonds is 6. The minimum absolute atomic E-state index is 0.127. The lowest BCUT2D eigenvalue weighted by Gasteiger charge is -2.09. The van der Waals surface area contributed by atoms with Crippen LogP contribution in [0, 0.1) is 11.6 Å². The highest BCUT2D eigenvalue weighted by Crippen LogP contribution is 2.33. The number of carbonyl (C=O) groups excluding carboxylic acids is 2. The van der Waals surface area contributed by atoms with Crippen molar-refractivity contribution in [1.29, 1.82) is 0 Å². The Morgan fingerprint density at radius 3 is 1.72 bits per heavy atom. The van der Waals surface area contributed by atoms with Crippen LogP contribution in [0.2, 0.25) is 0 Å². The molecule has 0 N–H and O–H groups in total. The summed E-state index contributed by atoms with van der Waals surface area (Å²) >= 11 is 0. The van der Waals surface area contributed by atoms with E-state index in [4.69, 9.17) is 4.42 Å². The summed E-state index contributed by atoms with van der Waals surface area (Å²) < 4.78 is 34.3. The molecule has 6 aromatic rings. The summed E-state index contributed by atoms with van der Waals surface area (Å²) in [7, 11) is 0. The van der Waals surface area contributed by atoms with Crippen LogP contribution < -0.4 is 0 Å². The van der Waals surface area contributed by atoms with Crippen LogP contribution in [0.3, 0.4) is 0 Å². The largest absolute Gasteiger partial charge is 0.436 e. The van der Waals surface area contributed by atoms with Gasteiger partial charge in [0.2, 0.25) is 5.89 Å². The van der Waals surface area contributed by atoms with Gasteiger partial charge in [-0.15, -0.1) is 0 Å². The van der Waals surface area contributed by atoms with Gasteiger partial charge in [0.15, 0.2) is 17.1 Å². The zero-order valence-corrected chi connectivity index (χ0v) is 20.4. The average molecular weight is 516 g/mol. The number of benzene rings is 5. The number of fused-ring (bicyclic) bond motifs is 1. The lowest BCUT2D eigenvalue weighted by Crippen LogP contribution is -2.04. The van der Waals surface area contributed by atoms with Gasteiger partial charge in [-0.2, -0.15) is 0 Å². The maximum absolute atomic E-state index is 14.2. The zero-order valence-electron chi connectivity index (χ0n) is 20.4. The molecule has 0 bridgehead atoms. The quantitative estimate of drug-likeness (QED) is 0.212. The predicted molar refractivity (Wildman–Crippen MR) is 145 cm³/mol. The van der Waals surface area contributed by atoms with E-state index >= 15 is 0 Å². The van der Waals surface area contributed by atoms with Crippen molar-refractivity contribution in [1.82, 2.24) is 4.98 Å². The third-order valence-electron chi connectivity index (χ3n) is 6.45. The summed E-state index contributed by atoms with van der Waals surface area (Å²) in [4.78, 5) is 31.0. The van der Waals surface area contributed by atoms with Crippen molar-refractivity contribution in [2.45, 2.75) is 0 Å². The molecule has 0 aliphatic carbocycles. The number of hydrogen-bond donors (Lipinski definition) is 0. The van der Waals surface area contributed by atoms with E-state index < -0.39 is 11.6 Å². The highest BCUT2D eigenvalue weighted by Gasteiger charge is 2.21. The van der Waals surface area contributed by atoms with Crippen molar-refractivity contribution in [3.8, 4) is 22.6 Å². The molecule has 0 atom stereocenters. The second-order valence-electron chi connectivity index (χ2n) is 8.97. The minimum atomic E-state index is -0.552. The van der Waals surface area contributed by atoms with Gasteiger partial charge in [0.25, 0.3) is 0 Å². The molecule has 0 fully saturated rings. The Bertz CT molecular complexity index is 1760. The van der Waals surface area contributed by atoms with Crippen LogP contribution in [0.5, 0.6) is 0 Å². The van der Waals surface area contributed by atoms with E-state index in [0.717, 1.165) is 0 Å². The van der Waals surface area contributed by atoms with Gasteiger partial charge in [-0.05, 0) is 53.6 Å². The summed E-state index contributed by atoms with van der Waals surface area (Å²) in [5, 5.41) is 0. The lowest BCUT2D eigenvalue weighted by atomic mass is 9.93. The first-order valence-electron chi connectivity index (χ1n) is 12.2. The molecule has 0 spiro atoms. The molecule has 0 aliphatic rings. The van der Waals surface area contributed by atoms with Gasteiger partial charge in [-0.1, -0.05) is 72.8 Å². The molecule has 1 aromatic heterocycles. The summed E-state index contributed by atoms with van der Waals surface area (Å²) in [6.45, 7) is 0. The van der Waals surface area contributed by atoms with Crippen LogP contribution in [0.25, 0.3) is 33.7 Å². The molecule has 6 rings (SSSR count). The number of ketones is 2. The molecule has 39 heavy (non-hydrogen) atoms. The van der Waals surface area contributed by atoms with Crippen molar-refractivity contribution in [2.24, 2.45) is 0 Å². The Morgan fingerprint density at radius 1 is 0.590 bits per heavy atom. The first-order chi connectivity index (χ1) is 19.0. The topological polar surface area (TPSA) is 60.2 Å². The van der Waals surface area contributed by atoms with Crippen molar-refractivity contribution in [2.75, 3.05) is 0 Å². The molecule has 4 nitrogen and oxygen atoms in total. The van der Waals surface area contributed by atoms with Crippen LogP contribution in [0.15, 0.2) is 120 Å². The van der Waals surface area contributed by atoms with Gasteiger partial charge < -0.3 is 4.42 Å². The van der Waals surface area contributed by atoms with Crippen molar-refractivity contribution < 1.29 is 22.8 Å². The van der Waals surface area contributed by atoms with Crippen LogP contribution in [0.1, 0.15) is 31.8 Å². The van der Waals surface area contributed by atoms with Gasteiger partial charge in [-0.25, -0.2) is 13.8 Å². The minimum Gasteiger partial charge on any atom is -0.436 e. The summed E-state index contributed by atoms with van der Waals surface area (Å²) in [6.07, 6.45) is 0. The van der Waals surface area contributed by atoms with E-state index in [1.165, 1.54) is 30.3 Å². The normalized spacial score (nSPS) is 11.0. The summed E-state index contributed by atoms with van der Waals surface area (Å²) in [5.74, 6) is -1.58. The average Bonchev–Trinajstić information content (AvgIpc) is 3.40. The fourth-order valence-electron chi connectivity index (χ4n) is 4.55. The molecule has 188 valence electrons. The van der Waals surface area contributed by atoms with E-state index in [9.17, 15) is 18.4 Å². The maximum Gasteiger partial charge on any atom is 0.228 e. The SMILES string of the molecule is O=C(c1ccccc1)c1cc(F)ccc1-c1ccc2oc(-c3ccc(F)cc3C(=O)c3ccccc3)nc2c1. The highest BCUT2D eigenvalue weighted by molar-refractivity contribution is 6.13. The predicted octanol–water partition coefficient (Wildman–Crippen LogP) is 7.90. The standard InChI is InChI=1S/C33H19F2NO3/c34-23-12-14-25(27(18-23)31(37)20-7-3-1-4-8-20)22-11-16-30-29(17-22)36-33(39-30)26-15-13-24(35)19-28(26)32(38)21-9-5-2-6-10-21/h1-19H. The maximum atomic E-state index is 14.2. The van der Waals surface area contributed by atoms with E-state index in [-0.39, 0.29) is 28.6 Å². The van der Waals surface area contributed by atoms with E-state index in [1.807, 2.05) is 0 Å². The Kier molecular flexibility index (Phi) is 6.13. The Labute approximate surface area is 222 Å². The van der Waals surface area contributed by atoms with Crippen LogP contribution in [0.4, 0.5) is 8.78 Å². The molecule has 6 heteroatoms. The van der Waals surface area contributed by atoms with Crippen molar-refractivity contribution in [3.05, 3.63) is 149 Å². The number of halogens is 2. The molecule has 0 saturated carbocycles. The molecule has 0 aliphatic heterocycles.